The fraction of sp³-hybridized carbons (Fsp3) is 0.387. The van der Waals surface area contributed by atoms with Crippen LogP contribution in [0.3, 0.4) is 0 Å². The molecule has 0 radical (unpaired) electrons. The predicted octanol–water partition coefficient (Wildman–Crippen LogP) is 6.66. The van der Waals surface area contributed by atoms with Gasteiger partial charge in [0.25, 0.3) is 0 Å². The molecule has 0 saturated carbocycles. The molecule has 0 aliphatic carbocycles. The molecule has 1 aliphatic rings. The van der Waals surface area contributed by atoms with Crippen LogP contribution in [0.5, 0.6) is 11.5 Å². The highest BCUT2D eigenvalue weighted by molar-refractivity contribution is 5.81. The highest BCUT2D eigenvalue weighted by atomic mass is 19.1. The number of Topliss-reactive ketones (excluding diaryl/α,β-unsaturated/α-hetero) is 1. The Morgan fingerprint density at radius 2 is 1.92 bits per heavy atom. The molecule has 1 aliphatic heterocycles. The Bertz CT molecular complexity index is 1460. The topological polar surface area (TPSA) is 81.1 Å². The third kappa shape index (κ3) is 6.63. The zero-order chi connectivity index (χ0) is 27.4. The Morgan fingerprint density at radius 3 is 2.72 bits per heavy atom. The van der Waals surface area contributed by atoms with E-state index in [-0.39, 0.29) is 17.5 Å². The van der Waals surface area contributed by atoms with Gasteiger partial charge in [-0.2, -0.15) is 0 Å². The van der Waals surface area contributed by atoms with Gasteiger partial charge < -0.3 is 19.9 Å². The Hall–Kier alpha value is -3.78. The summed E-state index contributed by atoms with van der Waals surface area (Å²) in [5.41, 5.74) is 3.87. The molecule has 0 atom stereocenters. The van der Waals surface area contributed by atoms with E-state index in [1.54, 1.807) is 18.3 Å². The second kappa shape index (κ2) is 11.9. The van der Waals surface area contributed by atoms with Gasteiger partial charge in [-0.15, -0.1) is 0 Å². The summed E-state index contributed by atoms with van der Waals surface area (Å²) in [6, 6.07) is 14.4. The molecule has 4 aromatic rings. The second-order valence-electron chi connectivity index (χ2n) is 10.7. The first-order chi connectivity index (χ1) is 18.9. The van der Waals surface area contributed by atoms with Crippen molar-refractivity contribution < 1.29 is 13.9 Å². The fourth-order valence-corrected chi connectivity index (χ4v) is 5.13. The molecule has 3 heterocycles. The van der Waals surface area contributed by atoms with E-state index in [0.29, 0.717) is 47.5 Å². The van der Waals surface area contributed by atoms with Gasteiger partial charge in [0.2, 0.25) is 5.95 Å². The number of nitrogens with one attached hydrogen (secondary N) is 2. The van der Waals surface area contributed by atoms with Crippen LogP contribution in [0.15, 0.2) is 54.7 Å². The van der Waals surface area contributed by atoms with E-state index in [0.717, 1.165) is 49.1 Å². The Morgan fingerprint density at radius 1 is 1.13 bits per heavy atom. The summed E-state index contributed by atoms with van der Waals surface area (Å²) < 4.78 is 22.2. The standard InChI is InChI=1S/C31H36FN5O2/c1-20(2)27-18-22(5-8-28(27)32)35-31-36-29-19-25(7-9-30(29)37(31)3)39-26-12-15-34-23(17-26)16-24(38)6-4-21-10-13-33-14-11-21/h5,7-9,12,15,17-21,33H,4,6,10-11,13-14,16H2,1-3H3,(H,35,36). The molecule has 0 amide bonds. The molecule has 0 spiro atoms. The van der Waals surface area contributed by atoms with Crippen molar-refractivity contribution in [1.82, 2.24) is 19.9 Å². The summed E-state index contributed by atoms with van der Waals surface area (Å²) in [5.74, 6) is 2.66. The van der Waals surface area contributed by atoms with Crippen LogP contribution in [-0.4, -0.2) is 33.4 Å². The fourth-order valence-electron chi connectivity index (χ4n) is 5.13. The number of carbonyl (C=O) groups is 1. The molecule has 5 rings (SSSR count). The van der Waals surface area contributed by atoms with Gasteiger partial charge in [0, 0.05) is 43.9 Å². The normalized spacial score (nSPS) is 14.2. The molecule has 7 nitrogen and oxygen atoms in total. The van der Waals surface area contributed by atoms with Gasteiger partial charge in [-0.05, 0) is 86.1 Å². The van der Waals surface area contributed by atoms with Crippen molar-refractivity contribution in [2.24, 2.45) is 13.0 Å². The van der Waals surface area contributed by atoms with Crippen LogP contribution >= 0.6 is 0 Å². The van der Waals surface area contributed by atoms with Crippen LogP contribution in [0.1, 0.15) is 56.7 Å². The number of pyridine rings is 1. The van der Waals surface area contributed by atoms with Crippen LogP contribution < -0.4 is 15.4 Å². The van der Waals surface area contributed by atoms with Gasteiger partial charge in [0.15, 0.2) is 0 Å². The van der Waals surface area contributed by atoms with E-state index >= 15 is 0 Å². The van der Waals surface area contributed by atoms with E-state index in [4.69, 9.17) is 9.72 Å². The summed E-state index contributed by atoms with van der Waals surface area (Å²) in [6.07, 6.45) is 5.85. The molecule has 1 saturated heterocycles. The average molecular weight is 530 g/mol. The van der Waals surface area contributed by atoms with Crippen LogP contribution in [0.25, 0.3) is 11.0 Å². The molecule has 2 aromatic carbocycles. The summed E-state index contributed by atoms with van der Waals surface area (Å²) in [5, 5.41) is 6.68. The number of benzene rings is 2. The smallest absolute Gasteiger partial charge is 0.208 e. The molecule has 1 fully saturated rings. The number of nitrogens with zero attached hydrogens (tertiary/aromatic N) is 3. The maximum absolute atomic E-state index is 14.1. The number of carbonyl (C=O) groups excluding carboxylic acids is 1. The SMILES string of the molecule is CC(C)c1cc(Nc2nc3cc(Oc4ccnc(CC(=O)CCC5CCNCC5)c4)ccc3n2C)ccc1F. The molecule has 0 unspecified atom stereocenters. The highest BCUT2D eigenvalue weighted by Crippen LogP contribution is 2.29. The van der Waals surface area contributed by atoms with Gasteiger partial charge in [-0.25, -0.2) is 9.37 Å². The number of anilines is 2. The number of imidazole rings is 1. The average Bonchev–Trinajstić information content (AvgIpc) is 3.23. The largest absolute Gasteiger partial charge is 0.457 e. The number of fused-ring (bicyclic) bond motifs is 1. The molecule has 39 heavy (non-hydrogen) atoms. The van der Waals surface area contributed by atoms with E-state index in [1.807, 2.05) is 55.8 Å². The minimum absolute atomic E-state index is 0.0815. The highest BCUT2D eigenvalue weighted by Gasteiger charge is 2.16. The number of halogens is 1. The van der Waals surface area contributed by atoms with Gasteiger partial charge in [0.05, 0.1) is 16.7 Å². The van der Waals surface area contributed by atoms with Crippen molar-refractivity contribution in [3.8, 4) is 11.5 Å². The Balaban J connectivity index is 1.25. The third-order valence-corrected chi connectivity index (χ3v) is 7.42. The first kappa shape index (κ1) is 26.8. The van der Waals surface area contributed by atoms with Crippen molar-refractivity contribution in [3.05, 3.63) is 71.8 Å². The van der Waals surface area contributed by atoms with Crippen molar-refractivity contribution in [3.63, 3.8) is 0 Å². The lowest BCUT2D eigenvalue weighted by Crippen LogP contribution is -2.28. The number of aryl methyl sites for hydroxylation is 1. The molecule has 204 valence electrons. The minimum Gasteiger partial charge on any atom is -0.457 e. The predicted molar refractivity (Wildman–Crippen MR) is 152 cm³/mol. The summed E-state index contributed by atoms with van der Waals surface area (Å²) >= 11 is 0. The third-order valence-electron chi connectivity index (χ3n) is 7.42. The summed E-state index contributed by atoms with van der Waals surface area (Å²) in [6.45, 7) is 6.04. The first-order valence-electron chi connectivity index (χ1n) is 13.7. The molecule has 2 aromatic heterocycles. The van der Waals surface area contributed by atoms with Crippen molar-refractivity contribution in [2.75, 3.05) is 18.4 Å². The number of rotatable bonds is 10. The van der Waals surface area contributed by atoms with Gasteiger partial charge in [-0.3, -0.25) is 9.78 Å². The number of ketones is 1. The van der Waals surface area contributed by atoms with Gasteiger partial charge >= 0.3 is 0 Å². The minimum atomic E-state index is -0.205. The number of hydrogen-bond acceptors (Lipinski definition) is 6. The lowest BCUT2D eigenvalue weighted by molar-refractivity contribution is -0.118. The van der Waals surface area contributed by atoms with Gasteiger partial charge in [0.1, 0.15) is 23.1 Å². The van der Waals surface area contributed by atoms with E-state index in [9.17, 15) is 9.18 Å². The van der Waals surface area contributed by atoms with Crippen molar-refractivity contribution >= 4 is 28.5 Å². The van der Waals surface area contributed by atoms with Crippen LogP contribution in [-0.2, 0) is 18.3 Å². The van der Waals surface area contributed by atoms with Gasteiger partial charge in [-0.1, -0.05) is 13.8 Å². The first-order valence-corrected chi connectivity index (χ1v) is 13.7. The molecule has 8 heteroatoms. The molecule has 0 bridgehead atoms. The summed E-state index contributed by atoms with van der Waals surface area (Å²) in [7, 11) is 1.93. The lowest BCUT2D eigenvalue weighted by atomic mass is 9.92. The number of piperidine rings is 1. The van der Waals surface area contributed by atoms with Crippen molar-refractivity contribution in [1.29, 1.82) is 0 Å². The van der Waals surface area contributed by atoms with Crippen LogP contribution in [0, 0.1) is 11.7 Å². The Kier molecular flexibility index (Phi) is 8.21. The van der Waals surface area contributed by atoms with E-state index in [1.165, 1.54) is 6.07 Å². The maximum Gasteiger partial charge on any atom is 0.208 e. The quantitative estimate of drug-likeness (QED) is 0.239. The number of hydrogen-bond donors (Lipinski definition) is 2. The molecular formula is C31H36FN5O2. The monoisotopic (exact) mass is 529 g/mol. The lowest BCUT2D eigenvalue weighted by Gasteiger charge is -2.22. The molecule has 2 N–H and O–H groups in total. The van der Waals surface area contributed by atoms with E-state index < -0.39 is 0 Å². The van der Waals surface area contributed by atoms with Crippen LogP contribution in [0.4, 0.5) is 16.0 Å². The van der Waals surface area contributed by atoms with E-state index in [2.05, 4.69) is 15.6 Å². The Labute approximate surface area is 228 Å². The summed E-state index contributed by atoms with van der Waals surface area (Å²) in [4.78, 5) is 21.7. The van der Waals surface area contributed by atoms with Crippen molar-refractivity contribution in [2.45, 2.75) is 51.9 Å². The maximum atomic E-state index is 14.1. The number of aromatic nitrogens is 3. The number of ether oxygens (including phenoxy) is 1. The second-order valence-corrected chi connectivity index (χ2v) is 10.7. The van der Waals surface area contributed by atoms with Crippen LogP contribution in [0.2, 0.25) is 0 Å². The zero-order valence-corrected chi connectivity index (χ0v) is 22.8. The zero-order valence-electron chi connectivity index (χ0n) is 22.8. The molecular weight excluding hydrogens is 493 g/mol.